The van der Waals surface area contributed by atoms with Gasteiger partial charge in [0.25, 0.3) is 5.78 Å². The van der Waals surface area contributed by atoms with Crippen molar-refractivity contribution in [3.05, 3.63) is 83.8 Å². The molecule has 0 aliphatic rings. The van der Waals surface area contributed by atoms with Crippen LogP contribution in [0.1, 0.15) is 29.8 Å². The maximum atomic E-state index is 13.3. The molecule has 0 saturated carbocycles. The third-order valence-electron chi connectivity index (χ3n) is 4.49. The minimum atomic E-state index is -4.61. The summed E-state index contributed by atoms with van der Waals surface area (Å²) in [5.41, 5.74) is 0.688. The smallest absolute Gasteiger partial charge is 0.433 e. The molecule has 2 aromatic heterocycles. The molecule has 1 unspecified atom stereocenters. The van der Waals surface area contributed by atoms with Gasteiger partial charge in [-0.05, 0) is 30.2 Å². The lowest BCUT2D eigenvalue weighted by Crippen LogP contribution is -2.17. The average molecular weight is 413 g/mol. The molecule has 2 heterocycles. The van der Waals surface area contributed by atoms with E-state index in [0.29, 0.717) is 6.61 Å². The molecule has 0 radical (unpaired) electrons. The van der Waals surface area contributed by atoms with Gasteiger partial charge in [0.05, 0.1) is 12.6 Å². The summed E-state index contributed by atoms with van der Waals surface area (Å²) in [6.45, 7) is 2.44. The maximum Gasteiger partial charge on any atom is 0.433 e. The van der Waals surface area contributed by atoms with Crippen molar-refractivity contribution in [2.45, 2.75) is 19.1 Å². The molecule has 2 aromatic carbocycles. The van der Waals surface area contributed by atoms with Gasteiger partial charge in [-0.25, -0.2) is 4.98 Å². The molecule has 4 rings (SSSR count). The minimum Gasteiger partial charge on any atom is -0.494 e. The predicted octanol–water partition coefficient (Wildman–Crippen LogP) is 4.74. The van der Waals surface area contributed by atoms with E-state index < -0.39 is 17.9 Å². The van der Waals surface area contributed by atoms with Gasteiger partial charge in [0.15, 0.2) is 5.69 Å². The molecule has 154 valence electrons. The van der Waals surface area contributed by atoms with Crippen molar-refractivity contribution in [1.82, 2.24) is 19.6 Å². The van der Waals surface area contributed by atoms with Crippen LogP contribution in [-0.4, -0.2) is 26.2 Å². The largest absolute Gasteiger partial charge is 0.494 e. The molecule has 30 heavy (non-hydrogen) atoms. The summed E-state index contributed by atoms with van der Waals surface area (Å²) in [5, 5.41) is 7.20. The number of fused-ring (bicyclic) bond motifs is 1. The highest BCUT2D eigenvalue weighted by Gasteiger charge is 2.34. The summed E-state index contributed by atoms with van der Waals surface area (Å²) < 4.78 is 46.8. The molecule has 1 N–H and O–H groups in total. The number of rotatable bonds is 6. The summed E-state index contributed by atoms with van der Waals surface area (Å²) >= 11 is 0. The Balaban J connectivity index is 1.78. The average Bonchev–Trinajstić information content (AvgIpc) is 3.22. The van der Waals surface area contributed by atoms with E-state index in [-0.39, 0.29) is 11.6 Å². The van der Waals surface area contributed by atoms with E-state index in [1.54, 1.807) is 0 Å². The van der Waals surface area contributed by atoms with Crippen molar-refractivity contribution in [3.63, 3.8) is 0 Å². The Kier molecular flexibility index (Phi) is 5.26. The molecule has 0 aliphatic heterocycles. The quantitative estimate of drug-likeness (QED) is 0.495. The zero-order chi connectivity index (χ0) is 21.1. The molecule has 0 bridgehead atoms. The summed E-state index contributed by atoms with van der Waals surface area (Å²) in [7, 11) is 0. The van der Waals surface area contributed by atoms with Crippen molar-refractivity contribution >= 4 is 11.6 Å². The van der Waals surface area contributed by atoms with Gasteiger partial charge in [0.1, 0.15) is 17.9 Å². The van der Waals surface area contributed by atoms with Crippen molar-refractivity contribution in [1.29, 1.82) is 0 Å². The van der Waals surface area contributed by atoms with Crippen LogP contribution in [0.25, 0.3) is 5.78 Å². The monoisotopic (exact) mass is 413 g/mol. The standard InChI is InChI=1S/C21H18F3N5O/c1-2-30-16-10-8-15(9-11-16)19(14-6-4-3-5-7-14)28-18-12-17(21(22,23)24)27-20-25-13-26-29(18)20/h3-13,19,28H,2H2,1H3. The topological polar surface area (TPSA) is 64.3 Å². The molecular formula is C21H18F3N5O. The van der Waals surface area contributed by atoms with E-state index in [0.717, 1.165) is 22.9 Å². The summed E-state index contributed by atoms with van der Waals surface area (Å²) in [5.74, 6) is 0.716. The van der Waals surface area contributed by atoms with Crippen LogP contribution in [0.3, 0.4) is 0 Å². The lowest BCUT2D eigenvalue weighted by atomic mass is 9.98. The van der Waals surface area contributed by atoms with Crippen LogP contribution in [0.5, 0.6) is 5.75 Å². The lowest BCUT2D eigenvalue weighted by Gasteiger charge is -2.22. The van der Waals surface area contributed by atoms with E-state index in [4.69, 9.17) is 4.74 Å². The van der Waals surface area contributed by atoms with Gasteiger partial charge in [-0.2, -0.15) is 27.8 Å². The van der Waals surface area contributed by atoms with Crippen LogP contribution in [0.2, 0.25) is 0 Å². The van der Waals surface area contributed by atoms with Crippen LogP contribution in [0.15, 0.2) is 67.0 Å². The number of nitrogens with one attached hydrogen (secondary N) is 1. The van der Waals surface area contributed by atoms with Crippen molar-refractivity contribution in [3.8, 4) is 5.75 Å². The fourth-order valence-electron chi connectivity index (χ4n) is 3.14. The molecule has 0 amide bonds. The zero-order valence-electron chi connectivity index (χ0n) is 16.0. The first kappa shape index (κ1) is 19.7. The van der Waals surface area contributed by atoms with E-state index in [1.165, 1.54) is 10.8 Å². The van der Waals surface area contributed by atoms with Crippen LogP contribution in [-0.2, 0) is 6.18 Å². The van der Waals surface area contributed by atoms with E-state index >= 15 is 0 Å². The number of hydrogen-bond acceptors (Lipinski definition) is 5. The Bertz CT molecular complexity index is 1130. The first-order chi connectivity index (χ1) is 14.5. The number of hydrogen-bond donors (Lipinski definition) is 1. The van der Waals surface area contributed by atoms with Gasteiger partial charge in [-0.1, -0.05) is 42.5 Å². The second-order valence-electron chi connectivity index (χ2n) is 6.49. The Hall–Kier alpha value is -3.62. The maximum absolute atomic E-state index is 13.3. The van der Waals surface area contributed by atoms with Crippen molar-refractivity contribution in [2.75, 3.05) is 11.9 Å². The van der Waals surface area contributed by atoms with Crippen LogP contribution in [0.4, 0.5) is 19.0 Å². The Labute approximate surface area is 170 Å². The fourth-order valence-corrected chi connectivity index (χ4v) is 3.14. The van der Waals surface area contributed by atoms with Crippen molar-refractivity contribution in [2.24, 2.45) is 0 Å². The molecule has 6 nitrogen and oxygen atoms in total. The summed E-state index contributed by atoms with van der Waals surface area (Å²) in [4.78, 5) is 7.38. The number of halogens is 3. The van der Waals surface area contributed by atoms with Crippen LogP contribution < -0.4 is 10.1 Å². The van der Waals surface area contributed by atoms with Gasteiger partial charge >= 0.3 is 6.18 Å². The minimum absolute atomic E-state index is 0.132. The van der Waals surface area contributed by atoms with Crippen molar-refractivity contribution < 1.29 is 17.9 Å². The van der Waals surface area contributed by atoms with Crippen LogP contribution in [0, 0.1) is 0 Å². The molecular weight excluding hydrogens is 395 g/mol. The molecule has 9 heteroatoms. The molecule has 0 saturated heterocycles. The summed E-state index contributed by atoms with van der Waals surface area (Å²) in [6.07, 6.45) is -3.44. The third kappa shape index (κ3) is 4.05. The molecule has 1 atom stereocenters. The number of anilines is 1. The van der Waals surface area contributed by atoms with E-state index in [2.05, 4.69) is 20.4 Å². The van der Waals surface area contributed by atoms with Crippen LogP contribution >= 0.6 is 0 Å². The summed E-state index contributed by atoms with van der Waals surface area (Å²) in [6, 6.07) is 17.3. The van der Waals surface area contributed by atoms with Gasteiger partial charge < -0.3 is 10.1 Å². The zero-order valence-corrected chi connectivity index (χ0v) is 16.0. The molecule has 4 aromatic rings. The number of alkyl halides is 3. The Morgan fingerprint density at radius 2 is 1.73 bits per heavy atom. The SMILES string of the molecule is CCOc1ccc(C(Nc2cc(C(F)(F)F)nc3ncnn23)c2ccccc2)cc1. The highest BCUT2D eigenvalue weighted by atomic mass is 19.4. The van der Waals surface area contributed by atoms with E-state index in [1.807, 2.05) is 61.5 Å². The van der Waals surface area contributed by atoms with E-state index in [9.17, 15) is 13.2 Å². The molecule has 0 fully saturated rings. The van der Waals surface area contributed by atoms with Gasteiger partial charge in [-0.15, -0.1) is 0 Å². The lowest BCUT2D eigenvalue weighted by molar-refractivity contribution is -0.141. The first-order valence-corrected chi connectivity index (χ1v) is 9.28. The number of ether oxygens (including phenoxy) is 1. The van der Waals surface area contributed by atoms with Gasteiger partial charge in [0.2, 0.25) is 0 Å². The predicted molar refractivity (Wildman–Crippen MR) is 105 cm³/mol. The normalized spacial score (nSPS) is 12.7. The second-order valence-corrected chi connectivity index (χ2v) is 6.49. The molecule has 0 aliphatic carbocycles. The highest BCUT2D eigenvalue weighted by molar-refractivity contribution is 5.50. The second kappa shape index (κ2) is 8.02. The Morgan fingerprint density at radius 1 is 1.03 bits per heavy atom. The van der Waals surface area contributed by atoms with Gasteiger partial charge in [0, 0.05) is 6.07 Å². The number of nitrogens with zero attached hydrogens (tertiary/aromatic N) is 4. The highest BCUT2D eigenvalue weighted by Crippen LogP contribution is 2.32. The molecule has 0 spiro atoms. The fraction of sp³-hybridized carbons (Fsp3) is 0.190. The van der Waals surface area contributed by atoms with Gasteiger partial charge in [-0.3, -0.25) is 0 Å². The number of benzene rings is 2. The first-order valence-electron chi connectivity index (χ1n) is 9.28. The number of aromatic nitrogens is 4. The Morgan fingerprint density at radius 3 is 2.40 bits per heavy atom. The third-order valence-corrected chi connectivity index (χ3v) is 4.49.